The SMILES string of the molecule is OC(Cc1cc(Br)ccc1F)C1CCCSC1. The Morgan fingerprint density at radius 2 is 2.35 bits per heavy atom. The van der Waals surface area contributed by atoms with Gasteiger partial charge in [0.1, 0.15) is 5.82 Å². The highest BCUT2D eigenvalue weighted by Gasteiger charge is 2.23. The minimum absolute atomic E-state index is 0.226. The zero-order valence-corrected chi connectivity index (χ0v) is 11.9. The molecule has 1 aliphatic rings. The number of rotatable bonds is 3. The van der Waals surface area contributed by atoms with E-state index in [9.17, 15) is 9.50 Å². The van der Waals surface area contributed by atoms with E-state index in [-0.39, 0.29) is 5.82 Å². The highest BCUT2D eigenvalue weighted by molar-refractivity contribution is 9.10. The van der Waals surface area contributed by atoms with E-state index in [2.05, 4.69) is 15.9 Å². The summed E-state index contributed by atoms with van der Waals surface area (Å²) in [6, 6.07) is 4.89. The van der Waals surface area contributed by atoms with Crippen molar-refractivity contribution in [3.05, 3.63) is 34.1 Å². The predicted molar refractivity (Wildman–Crippen MR) is 73.9 cm³/mol. The van der Waals surface area contributed by atoms with Gasteiger partial charge < -0.3 is 5.11 Å². The van der Waals surface area contributed by atoms with Crippen LogP contribution in [-0.2, 0) is 6.42 Å². The van der Waals surface area contributed by atoms with Gasteiger partial charge in [0.25, 0.3) is 0 Å². The van der Waals surface area contributed by atoms with Gasteiger partial charge in [-0.1, -0.05) is 15.9 Å². The van der Waals surface area contributed by atoms with E-state index in [1.165, 1.54) is 11.8 Å². The van der Waals surface area contributed by atoms with Crippen LogP contribution in [-0.4, -0.2) is 22.7 Å². The molecule has 2 atom stereocenters. The van der Waals surface area contributed by atoms with Gasteiger partial charge in [-0.2, -0.15) is 11.8 Å². The summed E-state index contributed by atoms with van der Waals surface area (Å²) in [6.45, 7) is 0. The van der Waals surface area contributed by atoms with E-state index < -0.39 is 6.10 Å². The molecule has 94 valence electrons. The monoisotopic (exact) mass is 318 g/mol. The Kier molecular flexibility index (Phi) is 4.88. The fraction of sp³-hybridized carbons (Fsp3) is 0.538. The van der Waals surface area contributed by atoms with Crippen molar-refractivity contribution >= 4 is 27.7 Å². The van der Waals surface area contributed by atoms with E-state index in [1.807, 2.05) is 11.8 Å². The third-order valence-corrected chi connectivity index (χ3v) is 4.91. The molecule has 0 aliphatic carbocycles. The molecule has 1 heterocycles. The average molecular weight is 319 g/mol. The topological polar surface area (TPSA) is 20.2 Å². The van der Waals surface area contributed by atoms with Crippen LogP contribution >= 0.6 is 27.7 Å². The summed E-state index contributed by atoms with van der Waals surface area (Å²) >= 11 is 5.22. The first kappa shape index (κ1) is 13.4. The van der Waals surface area contributed by atoms with Crippen LogP contribution in [0.25, 0.3) is 0 Å². The maximum atomic E-state index is 13.6. The number of hydrogen-bond acceptors (Lipinski definition) is 2. The first-order valence-corrected chi connectivity index (χ1v) is 7.81. The molecule has 17 heavy (non-hydrogen) atoms. The van der Waals surface area contributed by atoms with Crippen molar-refractivity contribution < 1.29 is 9.50 Å². The predicted octanol–water partition coefficient (Wildman–Crippen LogP) is 3.63. The molecule has 1 fully saturated rings. The fourth-order valence-electron chi connectivity index (χ4n) is 2.16. The third-order valence-electron chi connectivity index (χ3n) is 3.18. The van der Waals surface area contributed by atoms with Crippen LogP contribution in [0.1, 0.15) is 18.4 Å². The van der Waals surface area contributed by atoms with E-state index in [1.54, 1.807) is 12.1 Å². The summed E-state index contributed by atoms with van der Waals surface area (Å²) in [5, 5.41) is 10.1. The zero-order chi connectivity index (χ0) is 12.3. The van der Waals surface area contributed by atoms with Gasteiger partial charge in [-0.3, -0.25) is 0 Å². The van der Waals surface area contributed by atoms with Gasteiger partial charge in [0, 0.05) is 10.9 Å². The van der Waals surface area contributed by atoms with Crippen LogP contribution in [0.15, 0.2) is 22.7 Å². The van der Waals surface area contributed by atoms with Gasteiger partial charge in [-0.05, 0) is 54.0 Å². The van der Waals surface area contributed by atoms with Crippen LogP contribution in [0, 0.1) is 11.7 Å². The first-order chi connectivity index (χ1) is 8.16. The average Bonchev–Trinajstić information content (AvgIpc) is 2.35. The largest absolute Gasteiger partial charge is 0.392 e. The minimum Gasteiger partial charge on any atom is -0.392 e. The van der Waals surface area contributed by atoms with Crippen molar-refractivity contribution in [3.8, 4) is 0 Å². The fourth-order valence-corrected chi connectivity index (χ4v) is 3.80. The van der Waals surface area contributed by atoms with Gasteiger partial charge in [-0.25, -0.2) is 4.39 Å². The van der Waals surface area contributed by atoms with E-state index in [0.717, 1.165) is 23.1 Å². The molecule has 1 aromatic rings. The van der Waals surface area contributed by atoms with Gasteiger partial charge in [0.15, 0.2) is 0 Å². The molecule has 2 unspecified atom stereocenters. The molecule has 0 saturated carbocycles. The second kappa shape index (κ2) is 6.21. The van der Waals surface area contributed by atoms with Crippen molar-refractivity contribution in [1.29, 1.82) is 0 Å². The van der Waals surface area contributed by atoms with Gasteiger partial charge >= 0.3 is 0 Å². The van der Waals surface area contributed by atoms with E-state index in [0.29, 0.717) is 17.9 Å². The maximum absolute atomic E-state index is 13.6. The van der Waals surface area contributed by atoms with E-state index >= 15 is 0 Å². The number of benzene rings is 1. The summed E-state index contributed by atoms with van der Waals surface area (Å²) in [6.07, 6.45) is 2.21. The number of thioether (sulfide) groups is 1. The van der Waals surface area contributed by atoms with Crippen molar-refractivity contribution in [3.63, 3.8) is 0 Å². The quantitative estimate of drug-likeness (QED) is 0.918. The highest BCUT2D eigenvalue weighted by atomic mass is 79.9. The van der Waals surface area contributed by atoms with Crippen molar-refractivity contribution in [2.75, 3.05) is 11.5 Å². The Morgan fingerprint density at radius 3 is 3.06 bits per heavy atom. The Bertz CT molecular complexity index is 380. The molecule has 0 radical (unpaired) electrons. The molecule has 0 bridgehead atoms. The number of halogens is 2. The van der Waals surface area contributed by atoms with Gasteiger partial charge in [-0.15, -0.1) is 0 Å². The molecule has 1 aromatic carbocycles. The van der Waals surface area contributed by atoms with Gasteiger partial charge in [0.2, 0.25) is 0 Å². The molecule has 1 nitrogen and oxygen atoms in total. The first-order valence-electron chi connectivity index (χ1n) is 5.86. The van der Waals surface area contributed by atoms with Crippen LogP contribution in [0.5, 0.6) is 0 Å². The molecule has 1 saturated heterocycles. The van der Waals surface area contributed by atoms with Crippen molar-refractivity contribution in [2.24, 2.45) is 5.92 Å². The van der Waals surface area contributed by atoms with E-state index in [4.69, 9.17) is 0 Å². The number of aliphatic hydroxyl groups is 1. The molecular weight excluding hydrogens is 303 g/mol. The summed E-state index contributed by atoms with van der Waals surface area (Å²) in [7, 11) is 0. The highest BCUT2D eigenvalue weighted by Crippen LogP contribution is 2.27. The smallest absolute Gasteiger partial charge is 0.126 e. The van der Waals surface area contributed by atoms with Crippen LogP contribution < -0.4 is 0 Å². The number of hydrogen-bond donors (Lipinski definition) is 1. The van der Waals surface area contributed by atoms with Crippen LogP contribution in [0.2, 0.25) is 0 Å². The summed E-state index contributed by atoms with van der Waals surface area (Å²) in [4.78, 5) is 0. The standard InChI is InChI=1S/C13H16BrFOS/c14-11-3-4-12(15)10(6-11)7-13(16)9-2-1-5-17-8-9/h3-4,6,9,13,16H,1-2,5,7-8H2. The summed E-state index contributed by atoms with van der Waals surface area (Å²) in [5.74, 6) is 2.27. The molecule has 0 spiro atoms. The molecule has 0 amide bonds. The summed E-state index contributed by atoms with van der Waals surface area (Å²) in [5.41, 5.74) is 0.599. The van der Waals surface area contributed by atoms with Crippen LogP contribution in [0.3, 0.4) is 0 Å². The molecule has 4 heteroatoms. The zero-order valence-electron chi connectivity index (χ0n) is 9.53. The lowest BCUT2D eigenvalue weighted by molar-refractivity contribution is 0.112. The molecule has 0 aromatic heterocycles. The molecule has 2 rings (SSSR count). The van der Waals surface area contributed by atoms with Crippen molar-refractivity contribution in [2.45, 2.75) is 25.4 Å². The second-order valence-corrected chi connectivity index (χ2v) is 6.55. The molecule has 1 aliphatic heterocycles. The molecular formula is C13H16BrFOS. The van der Waals surface area contributed by atoms with Gasteiger partial charge in [0.05, 0.1) is 6.10 Å². The van der Waals surface area contributed by atoms with Crippen LogP contribution in [0.4, 0.5) is 4.39 Å². The van der Waals surface area contributed by atoms with Crippen molar-refractivity contribution in [1.82, 2.24) is 0 Å². The second-order valence-electron chi connectivity index (χ2n) is 4.48. The normalized spacial score (nSPS) is 22.4. The Labute approximate surface area is 114 Å². The third kappa shape index (κ3) is 3.70. The lowest BCUT2D eigenvalue weighted by Crippen LogP contribution is -2.27. The maximum Gasteiger partial charge on any atom is 0.126 e. The Balaban J connectivity index is 2.01. The summed E-state index contributed by atoms with van der Waals surface area (Å²) < 4.78 is 14.4. The molecule has 1 N–H and O–H groups in total. The Morgan fingerprint density at radius 1 is 1.53 bits per heavy atom. The Hall–Kier alpha value is -0.0600. The lowest BCUT2D eigenvalue weighted by atomic mass is 9.93. The minimum atomic E-state index is -0.424. The number of aliphatic hydroxyl groups excluding tert-OH is 1. The lowest BCUT2D eigenvalue weighted by Gasteiger charge is -2.26.